The quantitative estimate of drug-likeness (QED) is 0.0382. The number of allylic oxidation sites excluding steroid dienone is 6. The van der Waals surface area contributed by atoms with E-state index in [4.69, 9.17) is 0 Å². The fraction of sp³-hybridized carbons (Fsp3) is 0.738. The smallest absolute Gasteiger partial charge is 0.238 e. The van der Waals surface area contributed by atoms with Gasteiger partial charge in [0.1, 0.15) is 11.5 Å². The number of aromatic hydroxyl groups is 1. The number of phenols is 1. The third-order valence-electron chi connectivity index (χ3n) is 15.7. The molecule has 2 aliphatic rings. The predicted octanol–water partition coefficient (Wildman–Crippen LogP) is 18.6. The van der Waals surface area contributed by atoms with Gasteiger partial charge in [-0.25, -0.2) is 0 Å². The lowest BCUT2D eigenvalue weighted by Crippen LogP contribution is -2.34. The van der Waals surface area contributed by atoms with Crippen LogP contribution in [0.3, 0.4) is 0 Å². The number of Topliss-reactive ketones (excluding diaryl/α,β-unsaturated/α-hetero) is 2. The first-order valence-electron chi connectivity index (χ1n) is 30.7. The molecule has 0 radical (unpaired) electrons. The monoisotopic (exact) mass is 997 g/mol. The average Bonchev–Trinajstić information content (AvgIpc) is 3.59. The number of anilines is 1. The highest BCUT2D eigenvalue weighted by atomic mass is 16.3. The molecule has 1 aromatic carbocycles. The summed E-state index contributed by atoms with van der Waals surface area (Å²) in [5, 5.41) is 23.8. The van der Waals surface area contributed by atoms with Gasteiger partial charge in [-0.3, -0.25) is 14.4 Å². The molecule has 0 aromatic heterocycles. The van der Waals surface area contributed by atoms with E-state index in [9.17, 15) is 24.6 Å². The minimum absolute atomic E-state index is 0.0247. The van der Waals surface area contributed by atoms with Crippen molar-refractivity contribution in [3.63, 3.8) is 0 Å². The average molecular weight is 998 g/mol. The van der Waals surface area contributed by atoms with Crippen LogP contribution in [0.25, 0.3) is 5.57 Å². The number of nitrogens with zero attached hydrogens (tertiary/aromatic N) is 2. The van der Waals surface area contributed by atoms with E-state index < -0.39 is 23.1 Å². The van der Waals surface area contributed by atoms with Crippen LogP contribution < -0.4 is 4.90 Å². The maximum atomic E-state index is 14.0. The van der Waals surface area contributed by atoms with E-state index >= 15 is 0 Å². The second-order valence-electron chi connectivity index (χ2n) is 22.1. The molecule has 0 spiro atoms. The van der Waals surface area contributed by atoms with Crippen molar-refractivity contribution < 1.29 is 24.6 Å². The van der Waals surface area contributed by atoms with Gasteiger partial charge in [-0.2, -0.15) is 0 Å². The minimum atomic E-state index is -0.908. The topological polar surface area (TPSA) is 98.2 Å². The van der Waals surface area contributed by atoms with Crippen LogP contribution in [0, 0.1) is 11.8 Å². The Morgan fingerprint density at radius 3 is 1.21 bits per heavy atom. The van der Waals surface area contributed by atoms with E-state index in [1.54, 1.807) is 24.3 Å². The van der Waals surface area contributed by atoms with Gasteiger partial charge < -0.3 is 20.0 Å². The normalized spacial score (nSPS) is 15.8. The number of aliphatic hydroxyl groups is 1. The Morgan fingerprint density at radius 2 is 0.806 bits per heavy atom. The Labute approximate surface area is 442 Å². The lowest BCUT2D eigenvalue weighted by Gasteiger charge is -2.33. The molecule has 2 unspecified atom stereocenters. The van der Waals surface area contributed by atoms with Crippen molar-refractivity contribution in [2.24, 2.45) is 11.8 Å². The molecule has 1 aromatic rings. The first-order chi connectivity index (χ1) is 35.1. The number of carbonyl (C=O) groups is 3. The fourth-order valence-electron chi connectivity index (χ4n) is 11.2. The van der Waals surface area contributed by atoms with Gasteiger partial charge in [-0.1, -0.05) is 234 Å². The van der Waals surface area contributed by atoms with Crippen molar-refractivity contribution in [3.8, 4) is 5.75 Å². The van der Waals surface area contributed by atoms with Crippen LogP contribution in [-0.2, 0) is 14.4 Å². The Hall–Kier alpha value is -3.61. The Morgan fingerprint density at radius 1 is 0.431 bits per heavy atom. The molecular formula is C65H108N2O5. The van der Waals surface area contributed by atoms with Crippen LogP contribution in [-0.4, -0.2) is 58.6 Å². The third-order valence-corrected chi connectivity index (χ3v) is 15.7. The zero-order chi connectivity index (χ0) is 52.2. The zero-order valence-electron chi connectivity index (χ0n) is 47.4. The minimum Gasteiger partial charge on any atom is -0.507 e. The van der Waals surface area contributed by atoms with Gasteiger partial charge in [0.15, 0.2) is 5.78 Å². The third kappa shape index (κ3) is 23.3. The van der Waals surface area contributed by atoms with Gasteiger partial charge >= 0.3 is 0 Å². The first kappa shape index (κ1) is 62.7. The standard InChI is InChI=1S/C65H108N2O5/c1-7-13-19-25-29-35-41-53(39-33-23-17-11-5)51-67(52-54(40-34-24-18-12-6)42-36-30-26-20-14-8-2)56-44-46-58(60(69)50-56)62-63(70)61(64(71)65(62)72)57-45-43-55(49-59(57)68)66(47-37-31-27-21-15-9-3)48-38-32-28-22-16-10-4/h43-46,49-50,53-54,69-70H,7-42,47-48,51-52H2,1-6H3. The van der Waals surface area contributed by atoms with E-state index in [1.165, 1.54) is 205 Å². The van der Waals surface area contributed by atoms with Crippen LogP contribution in [0.1, 0.15) is 278 Å². The Bertz CT molecular complexity index is 1750. The number of hydrogen-bond acceptors (Lipinski definition) is 7. The lowest BCUT2D eigenvalue weighted by atomic mass is 9.91. The number of phenolic OH excluding ortho intramolecular Hbond substituents is 1. The number of hydrogen-bond donors (Lipinski definition) is 2. The maximum Gasteiger partial charge on any atom is 0.238 e. The highest BCUT2D eigenvalue weighted by Gasteiger charge is 2.41. The predicted molar refractivity (Wildman–Crippen MR) is 308 cm³/mol. The highest BCUT2D eigenvalue weighted by molar-refractivity contribution is 6.63. The number of rotatable bonds is 45. The Balaban J connectivity index is 1.97. The molecule has 3 rings (SSSR count). The van der Waals surface area contributed by atoms with E-state index in [1.807, 2.05) is 12.1 Å². The summed E-state index contributed by atoms with van der Waals surface area (Å²) in [4.78, 5) is 46.6. The summed E-state index contributed by atoms with van der Waals surface area (Å²) in [6.07, 6.45) is 49.5. The van der Waals surface area contributed by atoms with Gasteiger partial charge in [-0.15, -0.1) is 0 Å². The summed E-state index contributed by atoms with van der Waals surface area (Å²) in [6, 6.07) is 5.47. The molecule has 0 saturated carbocycles. The molecule has 7 heteroatoms. The zero-order valence-corrected chi connectivity index (χ0v) is 47.4. The van der Waals surface area contributed by atoms with Crippen LogP contribution >= 0.6 is 0 Å². The van der Waals surface area contributed by atoms with Crippen LogP contribution in [0.5, 0.6) is 5.75 Å². The Kier molecular flexibility index (Phi) is 33.9. The van der Waals surface area contributed by atoms with Gasteiger partial charge in [0.2, 0.25) is 11.6 Å². The number of unbranched alkanes of at least 4 members (excludes halogenated alkanes) is 26. The largest absolute Gasteiger partial charge is 0.507 e. The summed E-state index contributed by atoms with van der Waals surface area (Å²) < 4.78 is 0. The molecule has 2 aliphatic carbocycles. The first-order valence-corrected chi connectivity index (χ1v) is 30.7. The van der Waals surface area contributed by atoms with Gasteiger partial charge in [0, 0.05) is 60.8 Å². The summed E-state index contributed by atoms with van der Waals surface area (Å²) in [6.45, 7) is 17.1. The lowest BCUT2D eigenvalue weighted by molar-refractivity contribution is -0.130. The van der Waals surface area contributed by atoms with Crippen molar-refractivity contribution in [1.82, 2.24) is 4.90 Å². The number of ketones is 3. The molecule has 0 bridgehead atoms. The van der Waals surface area contributed by atoms with Crippen LogP contribution in [0.2, 0.25) is 0 Å². The summed E-state index contributed by atoms with van der Waals surface area (Å²) in [7, 11) is 0. The van der Waals surface area contributed by atoms with Crippen molar-refractivity contribution >= 4 is 28.6 Å². The van der Waals surface area contributed by atoms with Crippen molar-refractivity contribution in [1.29, 1.82) is 0 Å². The number of aliphatic hydroxyl groups excluding tert-OH is 1. The van der Waals surface area contributed by atoms with Crippen LogP contribution in [0.4, 0.5) is 5.69 Å². The molecule has 0 fully saturated rings. The van der Waals surface area contributed by atoms with E-state index in [0.717, 1.165) is 63.2 Å². The maximum absolute atomic E-state index is 14.0. The number of carbonyl (C=O) groups excluding carboxylic acids is 3. The fourth-order valence-corrected chi connectivity index (χ4v) is 11.2. The van der Waals surface area contributed by atoms with Crippen molar-refractivity contribution in [2.45, 2.75) is 273 Å². The summed E-state index contributed by atoms with van der Waals surface area (Å²) >= 11 is 0. The molecule has 0 saturated heterocycles. The second kappa shape index (κ2) is 38.9. The van der Waals surface area contributed by atoms with E-state index in [0.29, 0.717) is 11.8 Å². The van der Waals surface area contributed by atoms with Crippen LogP contribution in [0.15, 0.2) is 59.0 Å². The SMILES string of the molecule is CCCCCCCCC(CCCCCC)CN(CC(CCCCCC)CCCCCCCC)c1ccc(C2=C(O)C(=C3C=CC(N(CCCCCCCC)CCCCCCCC)=CC3=O)C(=O)C2=O)c(O)c1. The number of benzene rings is 1. The molecule has 2 atom stereocenters. The molecule has 0 aliphatic heterocycles. The summed E-state index contributed by atoms with van der Waals surface area (Å²) in [5.74, 6) is -1.78. The van der Waals surface area contributed by atoms with Gasteiger partial charge in [-0.05, 0) is 74.6 Å². The highest BCUT2D eigenvalue weighted by Crippen LogP contribution is 2.40. The molecule has 408 valence electrons. The molecular weight excluding hydrogens is 889 g/mol. The van der Waals surface area contributed by atoms with Crippen molar-refractivity contribution in [3.05, 3.63) is 64.6 Å². The van der Waals surface area contributed by atoms with Crippen molar-refractivity contribution in [2.75, 3.05) is 31.1 Å². The molecule has 0 amide bonds. The van der Waals surface area contributed by atoms with Gasteiger partial charge in [0.25, 0.3) is 0 Å². The van der Waals surface area contributed by atoms with Gasteiger partial charge in [0.05, 0.1) is 11.1 Å². The molecule has 72 heavy (non-hydrogen) atoms. The second-order valence-corrected chi connectivity index (χ2v) is 22.1. The molecule has 2 N–H and O–H groups in total. The molecule has 7 nitrogen and oxygen atoms in total. The van der Waals surface area contributed by atoms with E-state index in [2.05, 4.69) is 51.3 Å². The molecule has 0 heterocycles. The summed E-state index contributed by atoms with van der Waals surface area (Å²) in [5.41, 5.74) is 1.40. The van der Waals surface area contributed by atoms with E-state index in [-0.39, 0.29) is 28.0 Å².